The highest BCUT2D eigenvalue weighted by molar-refractivity contribution is 5.87. The molecule has 2 aromatic rings. The molecule has 0 spiro atoms. The van der Waals surface area contributed by atoms with Crippen molar-refractivity contribution in [3.8, 4) is 0 Å². The quantitative estimate of drug-likeness (QED) is 0.852. The average Bonchev–Trinajstić information content (AvgIpc) is 2.61. The summed E-state index contributed by atoms with van der Waals surface area (Å²) >= 11 is 0. The Morgan fingerprint density at radius 3 is 2.76 bits per heavy atom. The van der Waals surface area contributed by atoms with Crippen molar-refractivity contribution >= 4 is 16.9 Å². The van der Waals surface area contributed by atoms with Crippen molar-refractivity contribution in [1.29, 1.82) is 0 Å². The maximum Gasteiger partial charge on any atom is 0.304 e. The Bertz CT molecular complexity index is 567. The summed E-state index contributed by atoms with van der Waals surface area (Å²) in [4.78, 5) is 14.1. The predicted molar refractivity (Wildman–Crippen MR) is 68.3 cm³/mol. The highest BCUT2D eigenvalue weighted by atomic mass is 16.4. The molecule has 3 nitrogen and oxygen atoms in total. The molecule has 0 fully saturated rings. The van der Waals surface area contributed by atoms with E-state index in [0.717, 1.165) is 16.5 Å². The Hall–Kier alpha value is -1.77. The zero-order valence-corrected chi connectivity index (χ0v) is 10.4. The number of fused-ring (bicyclic) bond motifs is 1. The van der Waals surface area contributed by atoms with Crippen LogP contribution in [0.5, 0.6) is 0 Å². The van der Waals surface area contributed by atoms with E-state index in [1.807, 2.05) is 45.2 Å². The van der Waals surface area contributed by atoms with Gasteiger partial charge in [0.25, 0.3) is 0 Å². The average molecular weight is 231 g/mol. The summed E-state index contributed by atoms with van der Waals surface area (Å²) in [5.41, 5.74) is 2.98. The number of carbonyl (C=O) groups is 1. The lowest BCUT2D eigenvalue weighted by Crippen LogP contribution is -2.21. The van der Waals surface area contributed by atoms with Gasteiger partial charge in [0.2, 0.25) is 0 Å². The van der Waals surface area contributed by atoms with Crippen LogP contribution in [-0.2, 0) is 10.2 Å². The molecule has 1 heterocycles. The number of nitrogens with one attached hydrogen (secondary N) is 1. The molecule has 17 heavy (non-hydrogen) atoms. The molecule has 0 aliphatic carbocycles. The summed E-state index contributed by atoms with van der Waals surface area (Å²) in [6.45, 7) is 5.98. The van der Waals surface area contributed by atoms with Gasteiger partial charge in [0.15, 0.2) is 0 Å². The van der Waals surface area contributed by atoms with Gasteiger partial charge < -0.3 is 10.1 Å². The standard InChI is InChI=1S/C14H17NO2/c1-9-5-4-6-10-11(8-15-13(9)10)14(2,3)7-12(16)17/h4-6,8,15H,7H2,1-3H3,(H,16,17). The number of para-hydroxylation sites is 1. The second kappa shape index (κ2) is 3.91. The summed E-state index contributed by atoms with van der Waals surface area (Å²) in [6, 6.07) is 6.09. The third-order valence-electron chi connectivity index (χ3n) is 3.25. The molecule has 1 aromatic carbocycles. The zero-order chi connectivity index (χ0) is 12.6. The van der Waals surface area contributed by atoms with Crippen LogP contribution < -0.4 is 0 Å². The molecule has 0 bridgehead atoms. The number of aryl methyl sites for hydroxylation is 1. The fourth-order valence-corrected chi connectivity index (χ4v) is 2.34. The molecule has 0 aliphatic heterocycles. The minimum absolute atomic E-state index is 0.133. The summed E-state index contributed by atoms with van der Waals surface area (Å²) in [5.74, 6) is -0.767. The third kappa shape index (κ3) is 2.05. The van der Waals surface area contributed by atoms with Gasteiger partial charge in [-0.1, -0.05) is 32.0 Å². The number of rotatable bonds is 3. The lowest BCUT2D eigenvalue weighted by molar-refractivity contribution is -0.138. The van der Waals surface area contributed by atoms with E-state index >= 15 is 0 Å². The lowest BCUT2D eigenvalue weighted by atomic mass is 9.81. The van der Waals surface area contributed by atoms with Gasteiger partial charge in [0, 0.05) is 22.5 Å². The van der Waals surface area contributed by atoms with E-state index < -0.39 is 5.97 Å². The van der Waals surface area contributed by atoms with Gasteiger partial charge >= 0.3 is 5.97 Å². The number of hydrogen-bond acceptors (Lipinski definition) is 1. The number of aromatic amines is 1. The first-order chi connectivity index (χ1) is 7.92. The molecule has 0 aliphatic rings. The summed E-state index contributed by atoms with van der Waals surface area (Å²) in [5, 5.41) is 10.1. The topological polar surface area (TPSA) is 53.1 Å². The zero-order valence-electron chi connectivity index (χ0n) is 10.4. The molecule has 0 atom stereocenters. The van der Waals surface area contributed by atoms with E-state index in [9.17, 15) is 4.79 Å². The summed E-state index contributed by atoms with van der Waals surface area (Å²) < 4.78 is 0. The van der Waals surface area contributed by atoms with E-state index in [1.165, 1.54) is 5.56 Å². The van der Waals surface area contributed by atoms with Crippen LogP contribution in [0.25, 0.3) is 10.9 Å². The van der Waals surface area contributed by atoms with Crippen molar-refractivity contribution in [3.63, 3.8) is 0 Å². The number of carboxylic acids is 1. The smallest absolute Gasteiger partial charge is 0.304 e. The monoisotopic (exact) mass is 231 g/mol. The maximum absolute atomic E-state index is 10.9. The Morgan fingerprint density at radius 2 is 2.12 bits per heavy atom. The molecule has 0 saturated carbocycles. The fraction of sp³-hybridized carbons (Fsp3) is 0.357. The maximum atomic E-state index is 10.9. The van der Waals surface area contributed by atoms with Crippen molar-refractivity contribution in [2.75, 3.05) is 0 Å². The minimum atomic E-state index is -0.767. The van der Waals surface area contributed by atoms with Crippen LogP contribution >= 0.6 is 0 Å². The van der Waals surface area contributed by atoms with Crippen molar-refractivity contribution in [1.82, 2.24) is 4.98 Å². The highest BCUT2D eigenvalue weighted by Crippen LogP contribution is 2.33. The third-order valence-corrected chi connectivity index (χ3v) is 3.25. The molecule has 0 unspecified atom stereocenters. The van der Waals surface area contributed by atoms with Gasteiger partial charge in [-0.2, -0.15) is 0 Å². The van der Waals surface area contributed by atoms with Gasteiger partial charge in [-0.05, 0) is 18.1 Å². The molecule has 2 rings (SSSR count). The van der Waals surface area contributed by atoms with Crippen LogP contribution in [0, 0.1) is 6.92 Å². The normalized spacial score (nSPS) is 11.9. The van der Waals surface area contributed by atoms with E-state index in [4.69, 9.17) is 5.11 Å². The van der Waals surface area contributed by atoms with Gasteiger partial charge in [0.05, 0.1) is 6.42 Å². The minimum Gasteiger partial charge on any atom is -0.481 e. The number of aromatic nitrogens is 1. The first-order valence-corrected chi connectivity index (χ1v) is 5.71. The van der Waals surface area contributed by atoms with Crippen LogP contribution in [0.4, 0.5) is 0 Å². The molecule has 0 radical (unpaired) electrons. The van der Waals surface area contributed by atoms with E-state index in [2.05, 4.69) is 4.98 Å². The van der Waals surface area contributed by atoms with Gasteiger partial charge in [0.1, 0.15) is 0 Å². The number of benzene rings is 1. The summed E-state index contributed by atoms with van der Waals surface area (Å²) in [6.07, 6.45) is 2.06. The Labute approximate surface area is 100 Å². The second-order valence-electron chi connectivity index (χ2n) is 5.15. The van der Waals surface area contributed by atoms with E-state index in [0.29, 0.717) is 0 Å². The lowest BCUT2D eigenvalue weighted by Gasteiger charge is -2.22. The molecule has 2 N–H and O–H groups in total. The fourth-order valence-electron chi connectivity index (χ4n) is 2.34. The molecular weight excluding hydrogens is 214 g/mol. The van der Waals surface area contributed by atoms with Crippen LogP contribution in [0.1, 0.15) is 31.4 Å². The molecule has 0 saturated heterocycles. The molecule has 90 valence electrons. The second-order valence-corrected chi connectivity index (χ2v) is 5.15. The molecule has 3 heteroatoms. The van der Waals surface area contributed by atoms with Crippen molar-refractivity contribution in [2.45, 2.75) is 32.6 Å². The van der Waals surface area contributed by atoms with E-state index in [-0.39, 0.29) is 11.8 Å². The van der Waals surface area contributed by atoms with Crippen LogP contribution in [0.3, 0.4) is 0 Å². The van der Waals surface area contributed by atoms with E-state index in [1.54, 1.807) is 0 Å². The molecule has 1 aromatic heterocycles. The highest BCUT2D eigenvalue weighted by Gasteiger charge is 2.26. The van der Waals surface area contributed by atoms with Crippen LogP contribution in [-0.4, -0.2) is 16.1 Å². The number of carboxylic acid groups (broad SMARTS) is 1. The van der Waals surface area contributed by atoms with Crippen LogP contribution in [0.2, 0.25) is 0 Å². The molecular formula is C14H17NO2. The van der Waals surface area contributed by atoms with Crippen molar-refractivity contribution in [2.24, 2.45) is 0 Å². The molecule has 0 amide bonds. The van der Waals surface area contributed by atoms with Gasteiger partial charge in [-0.3, -0.25) is 4.79 Å². The first kappa shape index (κ1) is 11.7. The SMILES string of the molecule is Cc1cccc2c(C(C)(C)CC(=O)O)c[nH]c12. The van der Waals surface area contributed by atoms with Crippen molar-refractivity contribution in [3.05, 3.63) is 35.5 Å². The largest absolute Gasteiger partial charge is 0.481 e. The van der Waals surface area contributed by atoms with Gasteiger partial charge in [-0.25, -0.2) is 0 Å². The predicted octanol–water partition coefficient (Wildman–Crippen LogP) is 3.23. The van der Waals surface area contributed by atoms with Gasteiger partial charge in [-0.15, -0.1) is 0 Å². The number of aliphatic carboxylic acids is 1. The first-order valence-electron chi connectivity index (χ1n) is 5.71. The Balaban J connectivity index is 2.56. The number of H-pyrrole nitrogens is 1. The van der Waals surface area contributed by atoms with Crippen LogP contribution in [0.15, 0.2) is 24.4 Å². The Kier molecular flexibility index (Phi) is 2.69. The number of hydrogen-bond donors (Lipinski definition) is 2. The van der Waals surface area contributed by atoms with Crippen molar-refractivity contribution < 1.29 is 9.90 Å². The summed E-state index contributed by atoms with van der Waals surface area (Å²) in [7, 11) is 0. The Morgan fingerprint density at radius 1 is 1.41 bits per heavy atom.